The van der Waals surface area contributed by atoms with Crippen LogP contribution in [-0.4, -0.2) is 19.8 Å². The first kappa shape index (κ1) is 16.1. The number of aromatic nitrogens is 2. The third-order valence-corrected chi connectivity index (χ3v) is 5.74. The van der Waals surface area contributed by atoms with Crippen LogP contribution in [-0.2, 0) is 11.0 Å². The second kappa shape index (κ2) is 5.86. The van der Waals surface area contributed by atoms with E-state index in [1.807, 2.05) is 22.9 Å². The molecule has 0 unspecified atom stereocenters. The van der Waals surface area contributed by atoms with Crippen molar-refractivity contribution in [3.63, 3.8) is 0 Å². The third-order valence-electron chi connectivity index (χ3n) is 3.96. The molecule has 0 atom stereocenters. The van der Waals surface area contributed by atoms with E-state index in [9.17, 15) is 14.4 Å². The van der Waals surface area contributed by atoms with E-state index >= 15 is 0 Å². The van der Waals surface area contributed by atoms with Gasteiger partial charge in [-0.1, -0.05) is 6.07 Å². The van der Waals surface area contributed by atoms with E-state index in [0.29, 0.717) is 16.6 Å². The lowest BCUT2D eigenvalue weighted by Crippen LogP contribution is -2.12. The molecule has 1 aromatic carbocycles. The molecule has 0 aliphatic heterocycles. The van der Waals surface area contributed by atoms with Gasteiger partial charge in [0.2, 0.25) is 0 Å². The third kappa shape index (κ3) is 2.79. The Kier molecular flexibility index (Phi) is 3.77. The number of nitrogens with zero attached hydrogens (tertiary/aromatic N) is 1. The molecule has 4 rings (SSSR count). The number of furan rings is 1. The number of nitrogen functional groups attached to an aromatic ring is 1. The Morgan fingerprint density at radius 2 is 2.16 bits per heavy atom. The van der Waals surface area contributed by atoms with E-state index in [0.717, 1.165) is 11.1 Å². The minimum atomic E-state index is -4.62. The number of hydrogen-bond acceptors (Lipinski definition) is 5. The van der Waals surface area contributed by atoms with Crippen LogP contribution in [0.15, 0.2) is 45.8 Å². The van der Waals surface area contributed by atoms with Crippen LogP contribution in [0.3, 0.4) is 0 Å². The predicted octanol–water partition coefficient (Wildman–Crippen LogP) is 2.86. The Hall–Kier alpha value is -2.38. The molecule has 0 bridgehead atoms. The Bertz CT molecular complexity index is 1090. The highest BCUT2D eigenvalue weighted by molar-refractivity contribution is 7.60. The number of H-pyrrole nitrogens is 1. The summed E-state index contributed by atoms with van der Waals surface area (Å²) in [6, 6.07) is 7.17. The van der Waals surface area contributed by atoms with Crippen molar-refractivity contribution in [3.8, 4) is 11.3 Å². The molecule has 0 aliphatic carbocycles. The van der Waals surface area contributed by atoms with Gasteiger partial charge in [0.05, 0.1) is 17.4 Å². The van der Waals surface area contributed by atoms with Gasteiger partial charge in [0.1, 0.15) is 5.30 Å². The molecule has 5 N–H and O–H groups in total. The van der Waals surface area contributed by atoms with Gasteiger partial charge in [-0.25, -0.2) is 4.98 Å². The second-order valence-corrected chi connectivity index (χ2v) is 7.89. The van der Waals surface area contributed by atoms with Gasteiger partial charge in [-0.15, -0.1) is 0 Å². The number of benzene rings is 1. The second-order valence-electron chi connectivity index (χ2n) is 5.58. The summed E-state index contributed by atoms with van der Waals surface area (Å²) in [4.78, 5) is 27.1. The van der Waals surface area contributed by atoms with Gasteiger partial charge in [-0.3, -0.25) is 4.57 Å². The summed E-state index contributed by atoms with van der Waals surface area (Å²) in [6.45, 7) is 0. The molecule has 3 heterocycles. The Balaban J connectivity index is 1.97. The van der Waals surface area contributed by atoms with Gasteiger partial charge in [0.25, 0.3) is 0 Å². The molecule has 7 nitrogen and oxygen atoms in total. The Morgan fingerprint density at radius 3 is 2.88 bits per heavy atom. The smallest absolute Gasteiger partial charge is 0.360 e. The lowest BCUT2D eigenvalue weighted by atomic mass is 10.1. The molecular formula is C16H14N3O4PS. The van der Waals surface area contributed by atoms with Crippen molar-refractivity contribution >= 4 is 41.2 Å². The molecule has 9 heteroatoms. The van der Waals surface area contributed by atoms with E-state index < -0.39 is 7.60 Å². The summed E-state index contributed by atoms with van der Waals surface area (Å²) in [6.07, 6.45) is 1.81. The molecule has 3 aromatic heterocycles. The lowest BCUT2D eigenvalue weighted by molar-refractivity contribution is 0.387. The molecular weight excluding hydrogens is 361 g/mol. The number of anilines is 1. The first-order valence-corrected chi connectivity index (χ1v) is 9.91. The molecule has 0 saturated heterocycles. The molecule has 0 saturated carbocycles. The number of nitrogens with one attached hydrogen (secondary N) is 1. The van der Waals surface area contributed by atoms with E-state index in [1.54, 1.807) is 12.1 Å². The molecule has 0 amide bonds. The topological polar surface area (TPSA) is 125 Å². The zero-order chi connectivity index (χ0) is 17.6. The number of fused-ring (bicyclic) bond motifs is 1. The fourth-order valence-electron chi connectivity index (χ4n) is 2.88. The van der Waals surface area contributed by atoms with E-state index in [2.05, 4.69) is 9.97 Å². The molecule has 4 aromatic rings. The fraction of sp³-hybridized carbons (Fsp3) is 0.0625. The Morgan fingerprint density at radius 1 is 1.32 bits per heavy atom. The van der Waals surface area contributed by atoms with E-state index in [-0.39, 0.29) is 23.4 Å². The summed E-state index contributed by atoms with van der Waals surface area (Å²) < 4.78 is 17.8. The van der Waals surface area contributed by atoms with E-state index in [4.69, 9.17) is 10.2 Å². The standard InChI is InChI=1S/C16H14N3O4PS/c17-16-11(6-9-4-5-25-7-9)15(24(20,21)22)14(23-16)10-2-1-3-12-13(10)19-8-18-12/h1-5,7-8H,6,17H2,(H,18,19)(H2,20,21,22). The van der Waals surface area contributed by atoms with Crippen LogP contribution >= 0.6 is 18.9 Å². The summed E-state index contributed by atoms with van der Waals surface area (Å²) in [7, 11) is -4.62. The number of hydrogen-bond donors (Lipinski definition) is 4. The van der Waals surface area contributed by atoms with Gasteiger partial charge >= 0.3 is 7.60 Å². The van der Waals surface area contributed by atoms with Gasteiger partial charge in [-0.2, -0.15) is 11.3 Å². The quantitative estimate of drug-likeness (QED) is 0.407. The van der Waals surface area contributed by atoms with Crippen LogP contribution in [0.5, 0.6) is 0 Å². The highest BCUT2D eigenvalue weighted by Gasteiger charge is 2.33. The van der Waals surface area contributed by atoms with Crippen molar-refractivity contribution in [2.75, 3.05) is 5.73 Å². The van der Waals surface area contributed by atoms with Crippen LogP contribution in [0, 0.1) is 0 Å². The van der Waals surface area contributed by atoms with Crippen molar-refractivity contribution in [3.05, 3.63) is 52.5 Å². The minimum Gasteiger partial charge on any atom is -0.440 e. The molecule has 0 spiro atoms. The normalized spacial score (nSPS) is 12.1. The van der Waals surface area contributed by atoms with Gasteiger partial charge in [0.15, 0.2) is 11.6 Å². The zero-order valence-corrected chi connectivity index (χ0v) is 14.6. The maximum absolute atomic E-state index is 12.2. The van der Waals surface area contributed by atoms with Crippen LogP contribution in [0.2, 0.25) is 0 Å². The molecule has 0 fully saturated rings. The van der Waals surface area contributed by atoms with Crippen molar-refractivity contribution < 1.29 is 18.8 Å². The first-order chi connectivity index (χ1) is 11.9. The van der Waals surface area contributed by atoms with Gasteiger partial charge in [-0.05, 0) is 34.5 Å². The average molecular weight is 375 g/mol. The summed E-state index contributed by atoms with van der Waals surface area (Å²) in [5, 5.41) is 3.63. The van der Waals surface area contributed by atoms with Crippen molar-refractivity contribution in [1.82, 2.24) is 9.97 Å². The van der Waals surface area contributed by atoms with Crippen molar-refractivity contribution in [2.45, 2.75) is 6.42 Å². The minimum absolute atomic E-state index is 0.00654. The summed E-state index contributed by atoms with van der Waals surface area (Å²) in [5.74, 6) is 0.0702. The number of nitrogens with two attached hydrogens (primary N) is 1. The monoisotopic (exact) mass is 375 g/mol. The summed E-state index contributed by atoms with van der Waals surface area (Å²) in [5.41, 5.74) is 8.99. The lowest BCUT2D eigenvalue weighted by Gasteiger charge is -2.08. The first-order valence-electron chi connectivity index (χ1n) is 7.36. The number of thiophene rings is 1. The highest BCUT2D eigenvalue weighted by atomic mass is 32.1. The van der Waals surface area contributed by atoms with E-state index in [1.165, 1.54) is 17.7 Å². The molecule has 0 radical (unpaired) electrons. The Labute approximate surface area is 146 Å². The zero-order valence-electron chi connectivity index (χ0n) is 12.8. The van der Waals surface area contributed by atoms with Gasteiger partial charge < -0.3 is 24.9 Å². The van der Waals surface area contributed by atoms with Crippen LogP contribution in [0.4, 0.5) is 5.88 Å². The van der Waals surface area contributed by atoms with Crippen LogP contribution < -0.4 is 11.0 Å². The highest BCUT2D eigenvalue weighted by Crippen LogP contribution is 2.44. The van der Waals surface area contributed by atoms with Crippen molar-refractivity contribution in [2.24, 2.45) is 0 Å². The number of rotatable bonds is 4. The fourth-order valence-corrected chi connectivity index (χ4v) is 4.52. The maximum Gasteiger partial charge on any atom is 0.360 e. The largest absolute Gasteiger partial charge is 0.440 e. The number of aromatic amines is 1. The molecule has 128 valence electrons. The van der Waals surface area contributed by atoms with Crippen LogP contribution in [0.25, 0.3) is 22.4 Å². The predicted molar refractivity (Wildman–Crippen MR) is 97.0 cm³/mol. The SMILES string of the molecule is Nc1oc(-c2cccc3[nH]cnc23)c(P(=O)(O)O)c1Cc1ccsc1. The number of imidazole rings is 1. The van der Waals surface area contributed by atoms with Crippen molar-refractivity contribution in [1.29, 1.82) is 0 Å². The summed E-state index contributed by atoms with van der Waals surface area (Å²) >= 11 is 1.50. The molecule has 25 heavy (non-hydrogen) atoms. The van der Waals surface area contributed by atoms with Crippen LogP contribution in [0.1, 0.15) is 11.1 Å². The number of para-hydroxylation sites is 1. The maximum atomic E-state index is 12.2. The average Bonchev–Trinajstić information content (AvgIpc) is 3.27. The molecule has 0 aliphatic rings. The van der Waals surface area contributed by atoms with Gasteiger partial charge in [0, 0.05) is 17.5 Å².